The summed E-state index contributed by atoms with van der Waals surface area (Å²) in [6, 6.07) is 6.08. The summed E-state index contributed by atoms with van der Waals surface area (Å²) in [7, 11) is 0. The Morgan fingerprint density at radius 2 is 1.90 bits per heavy atom. The van der Waals surface area contributed by atoms with Crippen molar-refractivity contribution in [1.82, 2.24) is 25.2 Å². The summed E-state index contributed by atoms with van der Waals surface area (Å²) in [5.41, 5.74) is 3.65. The SMILES string of the molecule is CCC(C)(C)n1nnnc1[C@@H](c1cc2c(C)ccc(C)c2[nH]c1=O)[NH+]1CCC(C)CC1. The zero-order valence-corrected chi connectivity index (χ0v) is 19.6. The van der Waals surface area contributed by atoms with E-state index >= 15 is 0 Å². The highest BCUT2D eigenvalue weighted by molar-refractivity contribution is 5.85. The highest BCUT2D eigenvalue weighted by atomic mass is 16.1. The summed E-state index contributed by atoms with van der Waals surface area (Å²) in [4.78, 5) is 18.0. The number of likely N-dealkylation sites (tertiary alicyclic amines) is 1. The van der Waals surface area contributed by atoms with E-state index in [9.17, 15) is 4.79 Å². The minimum atomic E-state index is -0.226. The summed E-state index contributed by atoms with van der Waals surface area (Å²) in [6.07, 6.45) is 3.19. The van der Waals surface area contributed by atoms with Crippen molar-refractivity contribution in [3.63, 3.8) is 0 Å². The molecular formula is C24H35N6O+. The molecule has 31 heavy (non-hydrogen) atoms. The van der Waals surface area contributed by atoms with Gasteiger partial charge in [0.05, 0.1) is 29.7 Å². The molecule has 7 nitrogen and oxygen atoms in total. The van der Waals surface area contributed by atoms with E-state index in [1.165, 1.54) is 4.90 Å². The van der Waals surface area contributed by atoms with Crippen LogP contribution in [0.4, 0.5) is 0 Å². The number of tetrazole rings is 1. The highest BCUT2D eigenvalue weighted by Gasteiger charge is 2.38. The quantitative estimate of drug-likeness (QED) is 0.661. The molecule has 2 aromatic heterocycles. The second kappa shape index (κ2) is 8.19. The van der Waals surface area contributed by atoms with Gasteiger partial charge in [0.15, 0.2) is 6.04 Å². The molecule has 0 bridgehead atoms. The monoisotopic (exact) mass is 423 g/mol. The van der Waals surface area contributed by atoms with Crippen molar-refractivity contribution in [1.29, 1.82) is 0 Å². The average Bonchev–Trinajstić information content (AvgIpc) is 3.23. The van der Waals surface area contributed by atoms with Gasteiger partial charge in [-0.2, -0.15) is 0 Å². The lowest BCUT2D eigenvalue weighted by Crippen LogP contribution is -3.13. The molecule has 0 aliphatic carbocycles. The number of nitrogens with one attached hydrogen (secondary N) is 2. The van der Waals surface area contributed by atoms with Crippen LogP contribution in [0.2, 0.25) is 0 Å². The van der Waals surface area contributed by atoms with E-state index in [-0.39, 0.29) is 17.1 Å². The van der Waals surface area contributed by atoms with Gasteiger partial charge in [-0.05, 0) is 80.5 Å². The molecule has 1 aromatic carbocycles. The minimum Gasteiger partial charge on any atom is -0.322 e. The molecule has 166 valence electrons. The smallest absolute Gasteiger partial charge is 0.258 e. The third kappa shape index (κ3) is 3.91. The lowest BCUT2D eigenvalue weighted by molar-refractivity contribution is -0.932. The van der Waals surface area contributed by atoms with Crippen LogP contribution in [0.25, 0.3) is 10.9 Å². The van der Waals surface area contributed by atoms with Crippen LogP contribution >= 0.6 is 0 Å². The number of H-pyrrole nitrogens is 1. The van der Waals surface area contributed by atoms with Crippen LogP contribution in [-0.2, 0) is 5.54 Å². The number of fused-ring (bicyclic) bond motifs is 1. The summed E-state index contributed by atoms with van der Waals surface area (Å²) >= 11 is 0. The summed E-state index contributed by atoms with van der Waals surface area (Å²) in [5, 5.41) is 14.0. The third-order valence-electron chi connectivity index (χ3n) is 7.30. The van der Waals surface area contributed by atoms with Crippen molar-refractivity contribution in [2.75, 3.05) is 13.1 Å². The molecule has 7 heteroatoms. The first-order chi connectivity index (χ1) is 14.7. The fourth-order valence-electron chi connectivity index (χ4n) is 4.72. The molecule has 1 saturated heterocycles. The van der Waals surface area contributed by atoms with Crippen molar-refractivity contribution < 1.29 is 4.90 Å². The zero-order valence-electron chi connectivity index (χ0n) is 19.6. The van der Waals surface area contributed by atoms with Crippen molar-refractivity contribution in [3.05, 3.63) is 51.1 Å². The maximum absolute atomic E-state index is 13.4. The number of hydrogen-bond donors (Lipinski definition) is 2. The Hall–Kier alpha value is -2.54. The Kier molecular flexibility index (Phi) is 5.73. The summed E-state index contributed by atoms with van der Waals surface area (Å²) in [6.45, 7) is 14.9. The van der Waals surface area contributed by atoms with Gasteiger partial charge < -0.3 is 9.88 Å². The molecular weight excluding hydrogens is 388 g/mol. The Morgan fingerprint density at radius 1 is 1.23 bits per heavy atom. The molecule has 0 radical (unpaired) electrons. The predicted octanol–water partition coefficient (Wildman–Crippen LogP) is 2.68. The molecule has 1 aliphatic heterocycles. The predicted molar refractivity (Wildman–Crippen MR) is 122 cm³/mol. The number of benzene rings is 1. The average molecular weight is 424 g/mol. The van der Waals surface area contributed by atoms with Gasteiger partial charge >= 0.3 is 0 Å². The number of aryl methyl sites for hydroxylation is 2. The fraction of sp³-hybridized carbons (Fsp3) is 0.583. The number of aromatic amines is 1. The maximum Gasteiger partial charge on any atom is 0.258 e. The Balaban J connectivity index is 1.93. The molecule has 0 spiro atoms. The molecule has 4 rings (SSSR count). The number of pyridine rings is 1. The van der Waals surface area contributed by atoms with Gasteiger partial charge in [0.1, 0.15) is 0 Å². The van der Waals surface area contributed by atoms with Crippen molar-refractivity contribution in [2.45, 2.75) is 72.4 Å². The molecule has 0 unspecified atom stereocenters. The van der Waals surface area contributed by atoms with E-state index in [1.54, 1.807) is 0 Å². The van der Waals surface area contributed by atoms with Crippen LogP contribution in [0.15, 0.2) is 23.0 Å². The molecule has 3 aromatic rings. The highest BCUT2D eigenvalue weighted by Crippen LogP contribution is 2.27. The Bertz CT molecular complexity index is 1140. The van der Waals surface area contributed by atoms with Gasteiger partial charge in [0.25, 0.3) is 5.56 Å². The minimum absolute atomic E-state index is 0.0406. The number of nitrogens with zero attached hydrogens (tertiary/aromatic N) is 4. The molecule has 1 atom stereocenters. The number of aromatic nitrogens is 5. The van der Waals surface area contributed by atoms with Crippen LogP contribution in [-0.4, -0.2) is 38.3 Å². The lowest BCUT2D eigenvalue weighted by atomic mass is 9.94. The molecule has 1 aliphatic rings. The molecule has 0 saturated carbocycles. The maximum atomic E-state index is 13.4. The van der Waals surface area contributed by atoms with Gasteiger partial charge in [0.2, 0.25) is 5.82 Å². The van der Waals surface area contributed by atoms with Crippen LogP contribution in [0.1, 0.15) is 75.5 Å². The normalized spacial score (nSPS) is 20.8. The molecule has 0 amide bonds. The number of rotatable bonds is 5. The van der Waals surface area contributed by atoms with Gasteiger partial charge in [-0.25, -0.2) is 4.68 Å². The second-order valence-corrected chi connectivity index (χ2v) is 9.93. The van der Waals surface area contributed by atoms with Crippen LogP contribution < -0.4 is 10.5 Å². The molecule has 2 N–H and O–H groups in total. The van der Waals surface area contributed by atoms with E-state index in [4.69, 9.17) is 0 Å². The first kappa shape index (κ1) is 21.7. The van der Waals surface area contributed by atoms with E-state index in [1.807, 2.05) is 11.6 Å². The van der Waals surface area contributed by atoms with Crippen molar-refractivity contribution in [2.24, 2.45) is 5.92 Å². The van der Waals surface area contributed by atoms with Gasteiger partial charge in [-0.15, -0.1) is 5.10 Å². The van der Waals surface area contributed by atoms with Gasteiger partial charge in [0, 0.05) is 5.39 Å². The van der Waals surface area contributed by atoms with E-state index < -0.39 is 0 Å². The zero-order chi connectivity index (χ0) is 22.3. The van der Waals surface area contributed by atoms with E-state index in [2.05, 4.69) is 73.3 Å². The summed E-state index contributed by atoms with van der Waals surface area (Å²) in [5.74, 6) is 1.50. The Labute approximate surface area is 183 Å². The Morgan fingerprint density at radius 3 is 2.58 bits per heavy atom. The third-order valence-corrected chi connectivity index (χ3v) is 7.30. The lowest BCUT2D eigenvalue weighted by Gasteiger charge is -2.34. The van der Waals surface area contributed by atoms with Gasteiger partial charge in [-0.1, -0.05) is 26.0 Å². The summed E-state index contributed by atoms with van der Waals surface area (Å²) < 4.78 is 1.94. The second-order valence-electron chi connectivity index (χ2n) is 9.93. The largest absolute Gasteiger partial charge is 0.322 e. The standard InChI is InChI=1S/C24H34N6O/c1-7-24(5,6)30-22(26-27-28-30)21(29-12-10-15(2)11-13-29)19-14-18-16(3)8-9-17(4)20(18)25-23(19)31/h8-9,14-15,21H,7,10-13H2,1-6H3,(H,25,31)/p+1/t21-/m1/s1. The first-order valence-corrected chi connectivity index (χ1v) is 11.5. The number of piperidine rings is 1. The van der Waals surface area contributed by atoms with E-state index in [0.29, 0.717) is 5.92 Å². The van der Waals surface area contributed by atoms with Crippen molar-refractivity contribution in [3.8, 4) is 0 Å². The fourth-order valence-corrected chi connectivity index (χ4v) is 4.72. The van der Waals surface area contributed by atoms with Crippen molar-refractivity contribution >= 4 is 10.9 Å². The van der Waals surface area contributed by atoms with E-state index in [0.717, 1.165) is 65.8 Å². The molecule has 1 fully saturated rings. The van der Waals surface area contributed by atoms with Crippen LogP contribution in [0, 0.1) is 19.8 Å². The van der Waals surface area contributed by atoms with Crippen LogP contribution in [0.5, 0.6) is 0 Å². The molecule has 3 heterocycles. The number of quaternary nitrogens is 1. The van der Waals surface area contributed by atoms with Crippen LogP contribution in [0.3, 0.4) is 0 Å². The first-order valence-electron chi connectivity index (χ1n) is 11.5. The van der Waals surface area contributed by atoms with Gasteiger partial charge in [-0.3, -0.25) is 4.79 Å². The topological polar surface area (TPSA) is 80.9 Å². The number of hydrogen-bond acceptors (Lipinski definition) is 4.